The first kappa shape index (κ1) is 24.1. The molecule has 1 amide bonds. The van der Waals surface area contributed by atoms with Crippen molar-refractivity contribution in [3.05, 3.63) is 35.9 Å². The van der Waals surface area contributed by atoms with Gasteiger partial charge in [0, 0.05) is 58.3 Å². The number of halogens is 2. The molecule has 1 unspecified atom stereocenters. The molecule has 144 valence electrons. The Balaban J connectivity index is 0.00000288. The summed E-state index contributed by atoms with van der Waals surface area (Å²) >= 11 is 0. The van der Waals surface area contributed by atoms with Crippen molar-refractivity contribution in [3.63, 3.8) is 0 Å². The lowest BCUT2D eigenvalue weighted by Crippen LogP contribution is -2.51. The third-order valence-corrected chi connectivity index (χ3v) is 4.55. The smallest absolute Gasteiger partial charge is 0.226 e. The molecule has 5 nitrogen and oxygen atoms in total. The number of likely N-dealkylation sites (N-methyl/N-ethyl adjacent to an activating group) is 1. The summed E-state index contributed by atoms with van der Waals surface area (Å²) in [5.74, 6) is 0.145. The molecule has 1 aromatic carbocycles. The average molecular weight is 391 g/mol. The van der Waals surface area contributed by atoms with Crippen molar-refractivity contribution in [1.29, 1.82) is 0 Å². The van der Waals surface area contributed by atoms with Crippen LogP contribution in [0.25, 0.3) is 0 Å². The van der Waals surface area contributed by atoms with Gasteiger partial charge in [0.15, 0.2) is 0 Å². The predicted molar refractivity (Wildman–Crippen MR) is 109 cm³/mol. The lowest BCUT2D eigenvalue weighted by molar-refractivity contribution is -0.136. The first-order valence-corrected chi connectivity index (χ1v) is 8.54. The number of nitrogens with zero attached hydrogens (tertiary/aromatic N) is 3. The maximum absolute atomic E-state index is 12.1. The number of piperazine rings is 1. The van der Waals surface area contributed by atoms with Crippen molar-refractivity contribution >= 4 is 30.7 Å². The van der Waals surface area contributed by atoms with Crippen LogP contribution in [0.4, 0.5) is 0 Å². The molecule has 0 spiro atoms. The minimum absolute atomic E-state index is 0. The normalized spacial score (nSPS) is 16.1. The van der Waals surface area contributed by atoms with Crippen LogP contribution in [0.3, 0.4) is 0 Å². The first-order chi connectivity index (χ1) is 11.1. The molecule has 0 radical (unpaired) electrons. The van der Waals surface area contributed by atoms with Crippen molar-refractivity contribution < 1.29 is 4.79 Å². The summed E-state index contributed by atoms with van der Waals surface area (Å²) in [5.41, 5.74) is 6.94. The summed E-state index contributed by atoms with van der Waals surface area (Å²) in [6.45, 7) is 8.99. The Hall–Kier alpha value is -0.850. The molecule has 2 rings (SSSR count). The van der Waals surface area contributed by atoms with Crippen LogP contribution in [-0.4, -0.2) is 73.5 Å². The van der Waals surface area contributed by atoms with E-state index in [0.717, 1.165) is 45.8 Å². The van der Waals surface area contributed by atoms with Gasteiger partial charge in [-0.25, -0.2) is 0 Å². The number of carbonyl (C=O) groups excluding carboxylic acids is 1. The van der Waals surface area contributed by atoms with Gasteiger partial charge in [-0.3, -0.25) is 9.69 Å². The summed E-state index contributed by atoms with van der Waals surface area (Å²) in [5, 5.41) is 0. The second-order valence-corrected chi connectivity index (χ2v) is 6.53. The average Bonchev–Trinajstić information content (AvgIpc) is 2.60. The van der Waals surface area contributed by atoms with Crippen LogP contribution in [-0.2, 0) is 11.3 Å². The van der Waals surface area contributed by atoms with Crippen LogP contribution in [0.5, 0.6) is 0 Å². The molecule has 2 N–H and O–H groups in total. The second-order valence-electron chi connectivity index (χ2n) is 6.53. The van der Waals surface area contributed by atoms with Crippen LogP contribution in [0.2, 0.25) is 0 Å². The van der Waals surface area contributed by atoms with Crippen molar-refractivity contribution in [2.45, 2.75) is 13.5 Å². The maximum atomic E-state index is 12.1. The molecule has 1 saturated heterocycles. The number of hydrogen-bond donors (Lipinski definition) is 1. The number of benzene rings is 1. The van der Waals surface area contributed by atoms with Crippen molar-refractivity contribution in [1.82, 2.24) is 14.7 Å². The third kappa shape index (κ3) is 7.92. The zero-order chi connectivity index (χ0) is 16.7. The Kier molecular flexibility index (Phi) is 12.1. The van der Waals surface area contributed by atoms with Gasteiger partial charge in [0.05, 0.1) is 0 Å². The molecular formula is C18H32Cl2N4O. The van der Waals surface area contributed by atoms with Crippen molar-refractivity contribution in [2.24, 2.45) is 11.7 Å². The van der Waals surface area contributed by atoms with Gasteiger partial charge in [-0.05, 0) is 12.6 Å². The van der Waals surface area contributed by atoms with Gasteiger partial charge in [0.2, 0.25) is 5.91 Å². The Morgan fingerprint density at radius 1 is 1.16 bits per heavy atom. The Morgan fingerprint density at radius 3 is 2.32 bits per heavy atom. The van der Waals surface area contributed by atoms with Gasteiger partial charge < -0.3 is 15.5 Å². The molecule has 0 aromatic heterocycles. The lowest BCUT2D eigenvalue weighted by atomic mass is 10.1. The molecule has 0 aliphatic carbocycles. The van der Waals surface area contributed by atoms with E-state index in [0.29, 0.717) is 6.54 Å². The van der Waals surface area contributed by atoms with E-state index in [2.05, 4.69) is 47.2 Å². The van der Waals surface area contributed by atoms with E-state index in [1.807, 2.05) is 11.8 Å². The standard InChI is InChI=1S/C18H30N4O.2ClH/c1-16(14-19)18(23)22-12-10-21(11-13-22)9-8-20(2)15-17-6-4-3-5-7-17;;/h3-7,16H,8-15,19H2,1-2H3;2*1H. The van der Waals surface area contributed by atoms with E-state index in [-0.39, 0.29) is 36.6 Å². The topological polar surface area (TPSA) is 52.8 Å². The highest BCUT2D eigenvalue weighted by molar-refractivity contribution is 5.85. The molecule has 1 fully saturated rings. The molecule has 1 heterocycles. The number of hydrogen-bond acceptors (Lipinski definition) is 4. The van der Waals surface area contributed by atoms with E-state index >= 15 is 0 Å². The summed E-state index contributed by atoms with van der Waals surface area (Å²) < 4.78 is 0. The molecule has 25 heavy (non-hydrogen) atoms. The molecular weight excluding hydrogens is 359 g/mol. The van der Waals surface area contributed by atoms with Gasteiger partial charge >= 0.3 is 0 Å². The fourth-order valence-corrected chi connectivity index (χ4v) is 2.89. The van der Waals surface area contributed by atoms with E-state index in [1.54, 1.807) is 0 Å². The summed E-state index contributed by atoms with van der Waals surface area (Å²) in [6.07, 6.45) is 0. The fraction of sp³-hybridized carbons (Fsp3) is 0.611. The van der Waals surface area contributed by atoms with Crippen molar-refractivity contribution in [2.75, 3.05) is 52.9 Å². The highest BCUT2D eigenvalue weighted by Gasteiger charge is 2.23. The largest absolute Gasteiger partial charge is 0.340 e. The number of rotatable bonds is 7. The van der Waals surface area contributed by atoms with Crippen LogP contribution in [0.15, 0.2) is 30.3 Å². The lowest BCUT2D eigenvalue weighted by Gasteiger charge is -2.36. The fourth-order valence-electron chi connectivity index (χ4n) is 2.89. The van der Waals surface area contributed by atoms with Gasteiger partial charge in [0.1, 0.15) is 0 Å². The SMILES string of the molecule is CC(CN)C(=O)N1CCN(CCN(C)Cc2ccccc2)CC1.Cl.Cl. The first-order valence-electron chi connectivity index (χ1n) is 8.54. The van der Waals surface area contributed by atoms with Crippen LogP contribution in [0.1, 0.15) is 12.5 Å². The van der Waals surface area contributed by atoms with Gasteiger partial charge in [-0.1, -0.05) is 37.3 Å². The van der Waals surface area contributed by atoms with Gasteiger partial charge in [-0.15, -0.1) is 24.8 Å². The van der Waals surface area contributed by atoms with Crippen LogP contribution in [0, 0.1) is 5.92 Å². The monoisotopic (exact) mass is 390 g/mol. The number of carbonyl (C=O) groups is 1. The Labute approximate surface area is 164 Å². The quantitative estimate of drug-likeness (QED) is 0.769. The molecule has 1 aromatic rings. The minimum atomic E-state index is -0.0569. The van der Waals surface area contributed by atoms with E-state index in [4.69, 9.17) is 5.73 Å². The highest BCUT2D eigenvalue weighted by atomic mass is 35.5. The molecule has 1 aliphatic heterocycles. The van der Waals surface area contributed by atoms with Gasteiger partial charge in [-0.2, -0.15) is 0 Å². The maximum Gasteiger partial charge on any atom is 0.226 e. The van der Waals surface area contributed by atoms with Gasteiger partial charge in [0.25, 0.3) is 0 Å². The van der Waals surface area contributed by atoms with Crippen LogP contribution < -0.4 is 5.73 Å². The summed E-state index contributed by atoms with van der Waals surface area (Å²) in [7, 11) is 2.16. The van der Waals surface area contributed by atoms with Crippen LogP contribution >= 0.6 is 24.8 Å². The molecule has 1 aliphatic rings. The summed E-state index contributed by atoms with van der Waals surface area (Å²) in [6, 6.07) is 10.6. The highest BCUT2D eigenvalue weighted by Crippen LogP contribution is 2.08. The zero-order valence-electron chi connectivity index (χ0n) is 15.3. The Bertz CT molecular complexity index is 481. The Morgan fingerprint density at radius 2 is 1.76 bits per heavy atom. The minimum Gasteiger partial charge on any atom is -0.340 e. The number of amides is 1. The predicted octanol–water partition coefficient (Wildman–Crippen LogP) is 1.70. The zero-order valence-corrected chi connectivity index (χ0v) is 16.9. The third-order valence-electron chi connectivity index (χ3n) is 4.55. The van der Waals surface area contributed by atoms with E-state index in [9.17, 15) is 4.79 Å². The molecule has 0 saturated carbocycles. The molecule has 7 heteroatoms. The van der Waals surface area contributed by atoms with E-state index < -0.39 is 0 Å². The van der Waals surface area contributed by atoms with Crippen molar-refractivity contribution in [3.8, 4) is 0 Å². The number of nitrogens with two attached hydrogens (primary N) is 1. The molecule has 1 atom stereocenters. The molecule has 0 bridgehead atoms. The second kappa shape index (κ2) is 12.5. The van der Waals surface area contributed by atoms with E-state index in [1.165, 1.54) is 5.56 Å². The summed E-state index contributed by atoms with van der Waals surface area (Å²) in [4.78, 5) is 18.9.